The van der Waals surface area contributed by atoms with Crippen LogP contribution in [0.5, 0.6) is 0 Å². The number of amides is 1. The maximum atomic E-state index is 11.2. The highest BCUT2D eigenvalue weighted by molar-refractivity contribution is 5.50. The number of carbonyl (C=O) groups is 1. The molecule has 0 spiro atoms. The highest BCUT2D eigenvalue weighted by Crippen LogP contribution is 2.32. The lowest BCUT2D eigenvalue weighted by atomic mass is 9.79. The fourth-order valence-corrected chi connectivity index (χ4v) is 2.46. The second kappa shape index (κ2) is 3.93. The molecule has 16 heavy (non-hydrogen) atoms. The molecule has 86 valence electrons. The lowest BCUT2D eigenvalue weighted by Crippen LogP contribution is -2.47. The van der Waals surface area contributed by atoms with E-state index < -0.39 is 0 Å². The summed E-state index contributed by atoms with van der Waals surface area (Å²) in [4.78, 5) is 13.1. The summed E-state index contributed by atoms with van der Waals surface area (Å²) in [5, 5.41) is 0. The fourth-order valence-electron chi connectivity index (χ4n) is 2.46. The topological polar surface area (TPSA) is 20.3 Å². The molecule has 1 unspecified atom stereocenters. The number of nitrogens with zero attached hydrogens (tertiary/aromatic N) is 1. The van der Waals surface area contributed by atoms with Gasteiger partial charge in [-0.3, -0.25) is 4.79 Å². The molecule has 1 aromatic rings. The van der Waals surface area contributed by atoms with E-state index in [9.17, 15) is 4.79 Å². The van der Waals surface area contributed by atoms with Crippen molar-refractivity contribution < 1.29 is 4.79 Å². The molecule has 1 aliphatic heterocycles. The number of carbonyl (C=O) groups excluding carboxylic acids is 1. The first-order chi connectivity index (χ1) is 7.52. The summed E-state index contributed by atoms with van der Waals surface area (Å²) >= 11 is 0. The predicted octanol–water partition coefficient (Wildman–Crippen LogP) is 2.62. The molecule has 1 amide bonds. The van der Waals surface area contributed by atoms with Crippen LogP contribution in [0.15, 0.2) is 24.3 Å². The highest BCUT2D eigenvalue weighted by atomic mass is 16.1. The van der Waals surface area contributed by atoms with E-state index in [-0.39, 0.29) is 5.41 Å². The smallest absolute Gasteiger partial charge is 0.210 e. The van der Waals surface area contributed by atoms with Crippen molar-refractivity contribution in [2.45, 2.75) is 39.8 Å². The summed E-state index contributed by atoms with van der Waals surface area (Å²) in [5.74, 6) is 0. The molecule has 0 aromatic heterocycles. The van der Waals surface area contributed by atoms with E-state index in [2.05, 4.69) is 39.0 Å². The maximum Gasteiger partial charge on any atom is 0.210 e. The standard InChI is InChI=1S/C14H19NO/c1-14(2,3)13-8-11-6-4-5-7-12(11)9-15(13)10-16/h4-7,10,13H,8-9H2,1-3H3. The van der Waals surface area contributed by atoms with Crippen molar-refractivity contribution in [1.29, 1.82) is 0 Å². The van der Waals surface area contributed by atoms with E-state index >= 15 is 0 Å². The molecule has 0 fully saturated rings. The van der Waals surface area contributed by atoms with Gasteiger partial charge in [0.05, 0.1) is 0 Å². The third kappa shape index (κ3) is 1.97. The zero-order chi connectivity index (χ0) is 11.8. The van der Waals surface area contributed by atoms with Crippen molar-refractivity contribution in [3.63, 3.8) is 0 Å². The molecule has 0 saturated carbocycles. The molecular formula is C14H19NO. The summed E-state index contributed by atoms with van der Waals surface area (Å²) in [6, 6.07) is 8.72. The number of benzene rings is 1. The Labute approximate surface area is 97.3 Å². The zero-order valence-corrected chi connectivity index (χ0v) is 10.2. The number of fused-ring (bicyclic) bond motifs is 1. The monoisotopic (exact) mass is 217 g/mol. The quantitative estimate of drug-likeness (QED) is 0.662. The van der Waals surface area contributed by atoms with Gasteiger partial charge in [0.1, 0.15) is 0 Å². The zero-order valence-electron chi connectivity index (χ0n) is 10.2. The largest absolute Gasteiger partial charge is 0.337 e. The molecule has 1 aromatic carbocycles. The average Bonchev–Trinajstić information content (AvgIpc) is 2.26. The van der Waals surface area contributed by atoms with Gasteiger partial charge in [0, 0.05) is 12.6 Å². The van der Waals surface area contributed by atoms with Gasteiger partial charge in [-0.15, -0.1) is 0 Å². The van der Waals surface area contributed by atoms with Crippen molar-refractivity contribution in [2.75, 3.05) is 0 Å². The van der Waals surface area contributed by atoms with Gasteiger partial charge in [0.15, 0.2) is 0 Å². The van der Waals surface area contributed by atoms with Gasteiger partial charge in [-0.1, -0.05) is 45.0 Å². The summed E-state index contributed by atoms with van der Waals surface area (Å²) in [6.07, 6.45) is 1.96. The molecule has 2 rings (SSSR count). The van der Waals surface area contributed by atoms with Crippen LogP contribution in [0, 0.1) is 5.41 Å². The number of hydrogen-bond donors (Lipinski definition) is 0. The normalized spacial score (nSPS) is 20.4. The molecule has 0 saturated heterocycles. The van der Waals surface area contributed by atoms with Gasteiger partial charge in [-0.25, -0.2) is 0 Å². The van der Waals surface area contributed by atoms with Crippen LogP contribution in [-0.4, -0.2) is 17.4 Å². The van der Waals surface area contributed by atoms with Crippen LogP contribution >= 0.6 is 0 Å². The van der Waals surface area contributed by atoms with Crippen LogP contribution in [0.25, 0.3) is 0 Å². The second-order valence-electron chi connectivity index (χ2n) is 5.63. The van der Waals surface area contributed by atoms with Crippen LogP contribution in [0.3, 0.4) is 0 Å². The molecule has 2 nitrogen and oxygen atoms in total. The van der Waals surface area contributed by atoms with Crippen LogP contribution < -0.4 is 0 Å². The van der Waals surface area contributed by atoms with Crippen LogP contribution in [-0.2, 0) is 17.8 Å². The first-order valence-electron chi connectivity index (χ1n) is 5.80. The summed E-state index contributed by atoms with van der Waals surface area (Å²) in [5.41, 5.74) is 2.81. The first-order valence-corrected chi connectivity index (χ1v) is 5.80. The van der Waals surface area contributed by atoms with E-state index in [1.807, 2.05) is 11.0 Å². The molecule has 1 atom stereocenters. The summed E-state index contributed by atoms with van der Waals surface area (Å²) in [7, 11) is 0. The predicted molar refractivity (Wildman–Crippen MR) is 65.0 cm³/mol. The van der Waals surface area contributed by atoms with E-state index in [1.165, 1.54) is 11.1 Å². The molecule has 0 N–H and O–H groups in total. The Hall–Kier alpha value is -1.31. The third-order valence-electron chi connectivity index (χ3n) is 3.42. The third-order valence-corrected chi connectivity index (χ3v) is 3.42. The van der Waals surface area contributed by atoms with Crippen LogP contribution in [0.1, 0.15) is 31.9 Å². The minimum absolute atomic E-state index is 0.133. The maximum absolute atomic E-state index is 11.2. The Bertz CT molecular complexity index is 392. The number of hydrogen-bond acceptors (Lipinski definition) is 1. The van der Waals surface area contributed by atoms with Crippen LogP contribution in [0.4, 0.5) is 0 Å². The summed E-state index contributed by atoms with van der Waals surface area (Å²) in [6.45, 7) is 7.34. The Balaban J connectivity index is 2.34. The Morgan fingerprint density at radius 3 is 2.44 bits per heavy atom. The van der Waals surface area contributed by atoms with Gasteiger partial charge in [-0.2, -0.15) is 0 Å². The number of rotatable bonds is 1. The lowest BCUT2D eigenvalue weighted by molar-refractivity contribution is -0.123. The van der Waals surface area contributed by atoms with Gasteiger partial charge < -0.3 is 4.90 Å². The van der Waals surface area contributed by atoms with Crippen LogP contribution in [0.2, 0.25) is 0 Å². The van der Waals surface area contributed by atoms with E-state index in [0.29, 0.717) is 6.04 Å². The van der Waals surface area contributed by atoms with Gasteiger partial charge in [0.25, 0.3) is 0 Å². The van der Waals surface area contributed by atoms with E-state index in [0.717, 1.165) is 19.4 Å². The molecule has 0 radical (unpaired) electrons. The Morgan fingerprint density at radius 2 is 1.88 bits per heavy atom. The SMILES string of the molecule is CC(C)(C)C1Cc2ccccc2CN1C=O. The first kappa shape index (κ1) is 11.2. The molecule has 0 aliphatic carbocycles. The summed E-state index contributed by atoms with van der Waals surface area (Å²) < 4.78 is 0. The minimum atomic E-state index is 0.133. The fraction of sp³-hybridized carbons (Fsp3) is 0.500. The molecule has 0 bridgehead atoms. The van der Waals surface area contributed by atoms with Crippen molar-refractivity contribution in [3.8, 4) is 0 Å². The molecular weight excluding hydrogens is 198 g/mol. The average molecular weight is 217 g/mol. The molecule has 1 aliphatic rings. The van der Waals surface area contributed by atoms with Crippen molar-refractivity contribution in [2.24, 2.45) is 5.41 Å². The van der Waals surface area contributed by atoms with Crippen molar-refractivity contribution >= 4 is 6.41 Å². The van der Waals surface area contributed by atoms with Gasteiger partial charge in [-0.05, 0) is 23.0 Å². The van der Waals surface area contributed by atoms with Crippen molar-refractivity contribution in [3.05, 3.63) is 35.4 Å². The van der Waals surface area contributed by atoms with E-state index in [4.69, 9.17) is 0 Å². The second-order valence-corrected chi connectivity index (χ2v) is 5.63. The van der Waals surface area contributed by atoms with Gasteiger partial charge >= 0.3 is 0 Å². The molecule has 1 heterocycles. The van der Waals surface area contributed by atoms with Gasteiger partial charge in [0.2, 0.25) is 6.41 Å². The molecule has 2 heteroatoms. The lowest BCUT2D eigenvalue weighted by Gasteiger charge is -2.42. The minimum Gasteiger partial charge on any atom is -0.337 e. The Morgan fingerprint density at radius 1 is 1.25 bits per heavy atom. The Kier molecular flexibility index (Phi) is 2.75. The van der Waals surface area contributed by atoms with E-state index in [1.54, 1.807) is 0 Å². The highest BCUT2D eigenvalue weighted by Gasteiger charge is 2.33. The van der Waals surface area contributed by atoms with Crippen molar-refractivity contribution in [1.82, 2.24) is 4.90 Å².